The zero-order chi connectivity index (χ0) is 20.9. The minimum absolute atomic E-state index is 0.224. The highest BCUT2D eigenvalue weighted by Gasteiger charge is 2.28. The van der Waals surface area contributed by atoms with Crippen LogP contribution in [0.25, 0.3) is 33.7 Å². The van der Waals surface area contributed by atoms with Crippen molar-refractivity contribution in [3.05, 3.63) is 58.9 Å². The fourth-order valence-electron chi connectivity index (χ4n) is 3.86. The number of H-pyrrole nitrogens is 2. The minimum Gasteiger partial charge on any atom is -0.338 e. The quantitative estimate of drug-likeness (QED) is 0.524. The van der Waals surface area contributed by atoms with E-state index in [0.717, 1.165) is 11.3 Å². The van der Waals surface area contributed by atoms with Gasteiger partial charge in [0.05, 0.1) is 21.5 Å². The monoisotopic (exact) mass is 423 g/mol. The van der Waals surface area contributed by atoms with Crippen LogP contribution in [-0.4, -0.2) is 65.8 Å². The molecule has 9 heteroatoms. The Labute approximate surface area is 173 Å². The van der Waals surface area contributed by atoms with E-state index in [1.807, 2.05) is 37.4 Å². The molecule has 2 N–H and O–H groups in total. The second kappa shape index (κ2) is 7.05. The van der Waals surface area contributed by atoms with Crippen molar-refractivity contribution < 1.29 is 8.42 Å². The van der Waals surface area contributed by atoms with Gasteiger partial charge in [-0.25, -0.2) is 13.4 Å². The van der Waals surface area contributed by atoms with Crippen molar-refractivity contribution in [3.8, 4) is 22.6 Å². The lowest BCUT2D eigenvalue weighted by atomic mass is 10.1. The molecule has 5 rings (SSSR count). The van der Waals surface area contributed by atoms with E-state index in [0.29, 0.717) is 48.6 Å². The van der Waals surface area contributed by atoms with Gasteiger partial charge in [0.15, 0.2) is 0 Å². The Kier molecular flexibility index (Phi) is 4.46. The Morgan fingerprint density at radius 3 is 2.53 bits per heavy atom. The van der Waals surface area contributed by atoms with E-state index >= 15 is 0 Å². The number of rotatable bonds is 3. The van der Waals surface area contributed by atoms with E-state index in [9.17, 15) is 13.2 Å². The van der Waals surface area contributed by atoms with Crippen LogP contribution in [0.15, 0.2) is 58.2 Å². The van der Waals surface area contributed by atoms with Crippen LogP contribution in [0.3, 0.4) is 0 Å². The van der Waals surface area contributed by atoms with Gasteiger partial charge in [0.1, 0.15) is 5.82 Å². The fraction of sp³-hybridized carbons (Fsp3) is 0.238. The van der Waals surface area contributed by atoms with Crippen LogP contribution < -0.4 is 5.56 Å². The largest absolute Gasteiger partial charge is 0.338 e. The second-order valence-electron chi connectivity index (χ2n) is 7.54. The average molecular weight is 423 g/mol. The molecule has 30 heavy (non-hydrogen) atoms. The lowest BCUT2D eigenvalue weighted by Gasteiger charge is -2.31. The summed E-state index contributed by atoms with van der Waals surface area (Å²) in [5.74, 6) is 0.418. The maximum absolute atomic E-state index is 13.1. The van der Waals surface area contributed by atoms with Crippen LogP contribution in [0, 0.1) is 0 Å². The fourth-order valence-corrected chi connectivity index (χ4v) is 5.31. The summed E-state index contributed by atoms with van der Waals surface area (Å²) in [6, 6.07) is 14.2. The number of fused-ring (bicyclic) bond motifs is 2. The molecule has 1 aromatic carbocycles. The first-order chi connectivity index (χ1) is 14.4. The predicted octanol–water partition coefficient (Wildman–Crippen LogP) is 1.96. The smallest absolute Gasteiger partial charge is 0.260 e. The molecule has 1 fully saturated rings. The Balaban J connectivity index is 1.56. The van der Waals surface area contributed by atoms with Crippen molar-refractivity contribution in [2.75, 3.05) is 33.2 Å². The average Bonchev–Trinajstić information content (AvgIpc) is 3.19. The van der Waals surface area contributed by atoms with Crippen LogP contribution in [-0.2, 0) is 10.0 Å². The Morgan fingerprint density at radius 2 is 1.73 bits per heavy atom. The summed E-state index contributed by atoms with van der Waals surface area (Å²) < 4.78 is 27.6. The van der Waals surface area contributed by atoms with Gasteiger partial charge in [0, 0.05) is 37.4 Å². The third-order valence-electron chi connectivity index (χ3n) is 5.57. The highest BCUT2D eigenvalue weighted by Crippen LogP contribution is 2.30. The van der Waals surface area contributed by atoms with Crippen molar-refractivity contribution in [1.82, 2.24) is 24.2 Å². The molecule has 0 saturated carbocycles. The standard InChI is InChI=1S/C21H21N5O3S/c1-25-9-11-26(12-10-25)30(28,29)14-7-8-17-18(13-14)23-20(22-17)19-15-5-3-2-4-6-16(15)24-21(19)27/h2-8,13H,9-12H2,1H3,(H,22,23)(H,24,27). The lowest BCUT2D eigenvalue weighted by Crippen LogP contribution is -2.46. The molecule has 2 aliphatic heterocycles. The molecule has 8 nitrogen and oxygen atoms in total. The van der Waals surface area contributed by atoms with Gasteiger partial charge >= 0.3 is 0 Å². The number of nitrogens with one attached hydrogen (secondary N) is 2. The number of sulfonamides is 1. The minimum atomic E-state index is -3.58. The number of aromatic nitrogens is 3. The maximum Gasteiger partial charge on any atom is 0.260 e. The zero-order valence-corrected chi connectivity index (χ0v) is 17.2. The van der Waals surface area contributed by atoms with E-state index in [-0.39, 0.29) is 10.5 Å². The van der Waals surface area contributed by atoms with Crippen molar-refractivity contribution in [3.63, 3.8) is 0 Å². The molecule has 154 valence electrons. The van der Waals surface area contributed by atoms with E-state index in [4.69, 9.17) is 0 Å². The van der Waals surface area contributed by atoms with Crippen molar-refractivity contribution >= 4 is 21.1 Å². The van der Waals surface area contributed by atoms with Crippen LogP contribution >= 0.6 is 0 Å². The number of imidazole rings is 1. The summed E-state index contributed by atoms with van der Waals surface area (Å²) in [6.07, 6.45) is 0. The zero-order valence-electron chi connectivity index (χ0n) is 16.4. The molecule has 0 unspecified atom stereocenters. The summed E-state index contributed by atoms with van der Waals surface area (Å²) in [6.45, 7) is 2.36. The third-order valence-corrected chi connectivity index (χ3v) is 7.47. The maximum atomic E-state index is 13.1. The lowest BCUT2D eigenvalue weighted by molar-refractivity contribution is 0.222. The highest BCUT2D eigenvalue weighted by atomic mass is 32.2. The summed E-state index contributed by atoms with van der Waals surface area (Å²) in [5.41, 5.74) is 2.88. The summed E-state index contributed by atoms with van der Waals surface area (Å²) in [5, 5.41) is 0. The van der Waals surface area contributed by atoms with E-state index < -0.39 is 10.0 Å². The summed E-state index contributed by atoms with van der Waals surface area (Å²) >= 11 is 0. The topological polar surface area (TPSA) is 102 Å². The Bertz CT molecular complexity index is 1370. The van der Waals surface area contributed by atoms with Crippen molar-refractivity contribution in [2.45, 2.75) is 4.90 Å². The van der Waals surface area contributed by atoms with Crippen molar-refractivity contribution in [1.29, 1.82) is 0 Å². The number of likely N-dealkylation sites (N-methyl/N-ethyl adjacent to an activating group) is 1. The first kappa shape index (κ1) is 19.0. The van der Waals surface area contributed by atoms with E-state index in [1.165, 1.54) is 4.31 Å². The molecular weight excluding hydrogens is 402 g/mol. The molecule has 1 aliphatic carbocycles. The summed E-state index contributed by atoms with van der Waals surface area (Å²) in [7, 11) is -1.60. The number of hydrogen-bond acceptors (Lipinski definition) is 5. The van der Waals surface area contributed by atoms with E-state index in [2.05, 4.69) is 19.9 Å². The predicted molar refractivity (Wildman–Crippen MR) is 115 cm³/mol. The molecular formula is C21H21N5O3S. The number of piperazine rings is 1. The van der Waals surface area contributed by atoms with E-state index in [1.54, 1.807) is 18.2 Å². The number of aromatic amines is 2. The highest BCUT2D eigenvalue weighted by molar-refractivity contribution is 7.89. The van der Waals surface area contributed by atoms with Gasteiger partial charge < -0.3 is 14.9 Å². The van der Waals surface area contributed by atoms with Crippen molar-refractivity contribution in [2.24, 2.45) is 0 Å². The molecule has 2 aromatic rings. The molecule has 3 heterocycles. The molecule has 3 aliphatic rings. The summed E-state index contributed by atoms with van der Waals surface area (Å²) in [4.78, 5) is 25.4. The van der Waals surface area contributed by atoms with Crippen LogP contribution in [0.5, 0.6) is 0 Å². The van der Waals surface area contributed by atoms with Crippen LogP contribution in [0.4, 0.5) is 0 Å². The van der Waals surface area contributed by atoms with Crippen LogP contribution in [0.1, 0.15) is 0 Å². The Morgan fingerprint density at radius 1 is 0.967 bits per heavy atom. The number of benzene rings is 1. The molecule has 0 atom stereocenters. The van der Waals surface area contributed by atoms with Crippen LogP contribution in [0.2, 0.25) is 0 Å². The van der Waals surface area contributed by atoms with Gasteiger partial charge in [-0.3, -0.25) is 4.79 Å². The SMILES string of the molecule is CN1CCN(S(=O)(=O)c2ccc3nc(-c4c5cccccc-5[nH]c4=O)[nH]c3c2)CC1. The molecule has 0 radical (unpaired) electrons. The third kappa shape index (κ3) is 3.11. The first-order valence-electron chi connectivity index (χ1n) is 9.73. The Hall–Kier alpha value is -3.01. The second-order valence-corrected chi connectivity index (χ2v) is 9.48. The molecule has 0 spiro atoms. The van der Waals surface area contributed by atoms with Gasteiger partial charge in [-0.1, -0.05) is 24.3 Å². The molecule has 1 saturated heterocycles. The normalized spacial score (nSPS) is 16.4. The van der Waals surface area contributed by atoms with Gasteiger partial charge in [-0.05, 0) is 31.3 Å². The first-order valence-corrected chi connectivity index (χ1v) is 11.2. The van der Waals surface area contributed by atoms with Gasteiger partial charge in [-0.15, -0.1) is 0 Å². The van der Waals surface area contributed by atoms with Gasteiger partial charge in [0.2, 0.25) is 10.0 Å². The molecule has 1 aromatic heterocycles. The number of hydrogen-bond donors (Lipinski definition) is 2. The van der Waals surface area contributed by atoms with Gasteiger partial charge in [-0.2, -0.15) is 4.31 Å². The molecule has 0 amide bonds. The molecule has 0 bridgehead atoms. The number of nitrogens with zero attached hydrogens (tertiary/aromatic N) is 3. The van der Waals surface area contributed by atoms with Gasteiger partial charge in [0.25, 0.3) is 5.56 Å².